The van der Waals surface area contributed by atoms with Gasteiger partial charge in [-0.05, 0) is 30.6 Å². The summed E-state index contributed by atoms with van der Waals surface area (Å²) in [6.45, 7) is 6.71. The molecule has 0 spiro atoms. The average Bonchev–Trinajstić information content (AvgIpc) is 2.17. The molecule has 0 radical (unpaired) electrons. The van der Waals surface area contributed by atoms with E-state index >= 15 is 0 Å². The van der Waals surface area contributed by atoms with Gasteiger partial charge in [-0.1, -0.05) is 27.2 Å². The van der Waals surface area contributed by atoms with E-state index in [0.29, 0.717) is 17.8 Å². The Balaban J connectivity index is 2.54. The van der Waals surface area contributed by atoms with Crippen LogP contribution in [0.4, 0.5) is 0 Å². The molecule has 1 rings (SSSR count). The second kappa shape index (κ2) is 6.24. The Kier molecular flexibility index (Phi) is 5.26. The molecular formula is C13H24O3. The van der Waals surface area contributed by atoms with Crippen LogP contribution in [-0.4, -0.2) is 25.8 Å². The summed E-state index contributed by atoms with van der Waals surface area (Å²) in [4.78, 5) is 11.4. The fraction of sp³-hybridized carbons (Fsp3) is 0.923. The minimum absolute atomic E-state index is 0.0652. The van der Waals surface area contributed by atoms with Gasteiger partial charge in [0.05, 0.1) is 0 Å². The lowest BCUT2D eigenvalue weighted by molar-refractivity contribution is -0.160. The Morgan fingerprint density at radius 1 is 1.38 bits per heavy atom. The third-order valence-corrected chi connectivity index (χ3v) is 3.51. The van der Waals surface area contributed by atoms with Crippen LogP contribution >= 0.6 is 0 Å². The highest BCUT2D eigenvalue weighted by Crippen LogP contribution is 2.35. The minimum atomic E-state index is -0.229. The summed E-state index contributed by atoms with van der Waals surface area (Å²) in [5.41, 5.74) is 0. The first-order valence-electron chi connectivity index (χ1n) is 6.23. The fourth-order valence-corrected chi connectivity index (χ4v) is 2.57. The van der Waals surface area contributed by atoms with E-state index in [1.165, 1.54) is 20.0 Å². The molecule has 1 aliphatic carbocycles. The van der Waals surface area contributed by atoms with Gasteiger partial charge in [-0.2, -0.15) is 0 Å². The molecule has 3 atom stereocenters. The fourth-order valence-electron chi connectivity index (χ4n) is 2.57. The summed E-state index contributed by atoms with van der Waals surface area (Å²) in [6.07, 6.45) is 3.51. The number of carbonyl (C=O) groups excluding carboxylic acids is 1. The molecule has 1 saturated carbocycles. The predicted octanol–water partition coefficient (Wildman–Crippen LogP) is 2.64. The molecule has 0 bridgehead atoms. The van der Waals surface area contributed by atoms with Crippen molar-refractivity contribution in [2.45, 2.75) is 46.1 Å². The van der Waals surface area contributed by atoms with Gasteiger partial charge in [0.2, 0.25) is 0 Å². The number of carbonyl (C=O) groups is 1. The Hall–Kier alpha value is -0.570. The molecule has 0 aromatic rings. The predicted molar refractivity (Wildman–Crippen MR) is 63.1 cm³/mol. The third-order valence-electron chi connectivity index (χ3n) is 3.51. The van der Waals surface area contributed by atoms with Gasteiger partial charge in [-0.3, -0.25) is 0 Å². The van der Waals surface area contributed by atoms with Crippen molar-refractivity contribution < 1.29 is 14.3 Å². The number of hydrogen-bond donors (Lipinski definition) is 0. The smallest absolute Gasteiger partial charge is 0.332 e. The van der Waals surface area contributed by atoms with E-state index in [4.69, 9.17) is 9.47 Å². The summed E-state index contributed by atoms with van der Waals surface area (Å²) in [5, 5.41) is 0. The summed E-state index contributed by atoms with van der Waals surface area (Å²) < 4.78 is 10.3. The normalized spacial score (nSPS) is 30.4. The number of methoxy groups -OCH3 is 1. The Bertz CT molecular complexity index is 225. The molecule has 0 N–H and O–H groups in total. The number of esters is 1. The zero-order valence-corrected chi connectivity index (χ0v) is 10.9. The van der Waals surface area contributed by atoms with E-state index in [1.54, 1.807) is 0 Å². The maximum Gasteiger partial charge on any atom is 0.332 e. The minimum Gasteiger partial charge on any atom is -0.460 e. The molecule has 0 heterocycles. The van der Waals surface area contributed by atoms with Crippen LogP contribution in [0.25, 0.3) is 0 Å². The highest BCUT2D eigenvalue weighted by atomic mass is 16.6. The van der Waals surface area contributed by atoms with E-state index in [9.17, 15) is 4.79 Å². The molecule has 94 valence electrons. The zero-order chi connectivity index (χ0) is 12.1. The Morgan fingerprint density at radius 2 is 2.06 bits per heavy atom. The molecule has 0 aromatic carbocycles. The van der Waals surface area contributed by atoms with Crippen molar-refractivity contribution in [3.8, 4) is 0 Å². The van der Waals surface area contributed by atoms with Gasteiger partial charge in [0.1, 0.15) is 12.7 Å². The number of hydrogen-bond acceptors (Lipinski definition) is 3. The Morgan fingerprint density at radius 3 is 2.62 bits per heavy atom. The number of ether oxygens (including phenoxy) is 2. The second-order valence-electron chi connectivity index (χ2n) is 5.29. The molecule has 3 heteroatoms. The standard InChI is InChI=1S/C13H24O3/c1-9(2)11-6-5-10(3)7-12(11)16-13(14)8-15-4/h9-12H,5-8H2,1-4H3/t10-,11+,12-/m0/s1. The van der Waals surface area contributed by atoms with Gasteiger partial charge in [-0.15, -0.1) is 0 Å². The van der Waals surface area contributed by atoms with Crippen LogP contribution in [0.1, 0.15) is 40.0 Å². The van der Waals surface area contributed by atoms with Crippen molar-refractivity contribution in [3.05, 3.63) is 0 Å². The SMILES string of the molecule is COCC(=O)O[C@H]1C[C@@H](C)CC[C@@H]1C(C)C. The first-order valence-corrected chi connectivity index (χ1v) is 6.23. The summed E-state index contributed by atoms with van der Waals surface area (Å²) >= 11 is 0. The van der Waals surface area contributed by atoms with Crippen molar-refractivity contribution in [2.75, 3.05) is 13.7 Å². The van der Waals surface area contributed by atoms with Crippen molar-refractivity contribution in [1.82, 2.24) is 0 Å². The van der Waals surface area contributed by atoms with Crippen LogP contribution in [0.3, 0.4) is 0 Å². The van der Waals surface area contributed by atoms with Gasteiger partial charge < -0.3 is 9.47 Å². The van der Waals surface area contributed by atoms with Crippen molar-refractivity contribution >= 4 is 5.97 Å². The molecule has 0 amide bonds. The highest BCUT2D eigenvalue weighted by Gasteiger charge is 2.33. The molecule has 1 fully saturated rings. The van der Waals surface area contributed by atoms with E-state index in [2.05, 4.69) is 20.8 Å². The maximum absolute atomic E-state index is 11.4. The lowest BCUT2D eigenvalue weighted by Crippen LogP contribution is -2.36. The van der Waals surface area contributed by atoms with E-state index in [0.717, 1.165) is 6.42 Å². The zero-order valence-electron chi connectivity index (χ0n) is 10.9. The highest BCUT2D eigenvalue weighted by molar-refractivity contribution is 5.70. The molecule has 0 saturated heterocycles. The molecule has 0 aromatic heterocycles. The Labute approximate surface area is 98.5 Å². The van der Waals surface area contributed by atoms with Crippen molar-refractivity contribution in [3.63, 3.8) is 0 Å². The molecule has 1 aliphatic rings. The van der Waals surface area contributed by atoms with Crippen LogP contribution in [-0.2, 0) is 14.3 Å². The third kappa shape index (κ3) is 3.78. The largest absolute Gasteiger partial charge is 0.460 e. The molecule has 0 aliphatic heterocycles. The van der Waals surface area contributed by atoms with Crippen LogP contribution in [0.15, 0.2) is 0 Å². The first kappa shape index (κ1) is 13.5. The van der Waals surface area contributed by atoms with Gasteiger partial charge in [0.15, 0.2) is 0 Å². The van der Waals surface area contributed by atoms with Crippen LogP contribution in [0.2, 0.25) is 0 Å². The molecule has 3 nitrogen and oxygen atoms in total. The van der Waals surface area contributed by atoms with Crippen LogP contribution in [0.5, 0.6) is 0 Å². The quantitative estimate of drug-likeness (QED) is 0.694. The topological polar surface area (TPSA) is 35.5 Å². The van der Waals surface area contributed by atoms with Crippen LogP contribution in [0, 0.1) is 17.8 Å². The van der Waals surface area contributed by atoms with Gasteiger partial charge in [-0.25, -0.2) is 4.79 Å². The second-order valence-corrected chi connectivity index (χ2v) is 5.29. The molecule has 16 heavy (non-hydrogen) atoms. The van der Waals surface area contributed by atoms with Crippen LogP contribution < -0.4 is 0 Å². The molecule has 0 unspecified atom stereocenters. The van der Waals surface area contributed by atoms with Gasteiger partial charge >= 0.3 is 5.97 Å². The summed E-state index contributed by atoms with van der Waals surface area (Å²) in [7, 11) is 1.52. The first-order chi connectivity index (χ1) is 7.54. The lowest BCUT2D eigenvalue weighted by atomic mass is 9.75. The summed E-state index contributed by atoms with van der Waals surface area (Å²) in [6, 6.07) is 0. The van der Waals surface area contributed by atoms with Gasteiger partial charge in [0, 0.05) is 7.11 Å². The van der Waals surface area contributed by atoms with E-state index < -0.39 is 0 Å². The summed E-state index contributed by atoms with van der Waals surface area (Å²) in [5.74, 6) is 1.52. The average molecular weight is 228 g/mol. The number of rotatable bonds is 4. The van der Waals surface area contributed by atoms with E-state index in [-0.39, 0.29) is 18.7 Å². The molecular weight excluding hydrogens is 204 g/mol. The van der Waals surface area contributed by atoms with E-state index in [1.807, 2.05) is 0 Å². The maximum atomic E-state index is 11.4. The lowest BCUT2D eigenvalue weighted by Gasteiger charge is -2.36. The van der Waals surface area contributed by atoms with Crippen molar-refractivity contribution in [2.24, 2.45) is 17.8 Å². The van der Waals surface area contributed by atoms with Gasteiger partial charge in [0.25, 0.3) is 0 Å². The monoisotopic (exact) mass is 228 g/mol. The van der Waals surface area contributed by atoms with Crippen molar-refractivity contribution in [1.29, 1.82) is 0 Å².